The molecule has 3 heterocycles. The first kappa shape index (κ1) is 22.1. The molecular weight excluding hydrogens is 400 g/mol. The fraction of sp³-hybridized carbons (Fsp3) is 0.385. The van der Waals surface area contributed by atoms with Crippen LogP contribution in [0.5, 0.6) is 5.75 Å². The molecule has 1 atom stereocenters. The summed E-state index contributed by atoms with van der Waals surface area (Å²) in [6.07, 6.45) is 5.47. The maximum absolute atomic E-state index is 13.4. The van der Waals surface area contributed by atoms with E-state index in [1.54, 1.807) is 0 Å². The number of carbonyl (C=O) groups excluding carboxylic acids is 1. The Morgan fingerprint density at radius 1 is 1.00 bits per heavy atom. The Morgan fingerprint density at radius 2 is 1.78 bits per heavy atom. The molecule has 2 bridgehead atoms. The quantitative estimate of drug-likeness (QED) is 0.615. The van der Waals surface area contributed by atoms with Gasteiger partial charge in [-0.2, -0.15) is 0 Å². The molecule has 1 aromatic heterocycles. The molecule has 2 aromatic carbocycles. The van der Waals surface area contributed by atoms with Crippen LogP contribution in [0.4, 0.5) is 5.69 Å². The second-order valence-electron chi connectivity index (χ2n) is 7.93. The average molecular weight is 433 g/mol. The lowest BCUT2D eigenvalue weighted by Gasteiger charge is -2.40. The van der Waals surface area contributed by atoms with Crippen LogP contribution in [-0.2, 0) is 17.9 Å². The van der Waals surface area contributed by atoms with Gasteiger partial charge in [0.1, 0.15) is 5.75 Å². The number of carbonyl (C=O) groups is 1. The van der Waals surface area contributed by atoms with Crippen molar-refractivity contribution in [3.05, 3.63) is 78.4 Å². The molecule has 1 amide bonds. The molecule has 2 aliphatic rings. The van der Waals surface area contributed by atoms with Crippen molar-refractivity contribution in [2.24, 2.45) is 0 Å². The number of imidazole rings is 1. The van der Waals surface area contributed by atoms with Crippen LogP contribution in [0.25, 0.3) is 0 Å². The standard InChI is InChI=1S/C24H26N4O2.C2H6/c29-24-22-10-6-14-30-23-11-5-4-9-21(23)28(24)13-12-26(22)17-20-15-25-18-27(20)16-19-7-2-1-3-8-19;1-2/h1-5,7-9,11,15,18,22H,6,10,12-14,16-17H2;1-2H3. The zero-order chi connectivity index (χ0) is 22.3. The minimum Gasteiger partial charge on any atom is -0.491 e. The van der Waals surface area contributed by atoms with E-state index in [2.05, 4.69) is 38.7 Å². The minimum atomic E-state index is -0.131. The molecule has 6 heteroatoms. The van der Waals surface area contributed by atoms with Crippen LogP contribution in [0.15, 0.2) is 67.1 Å². The summed E-state index contributed by atoms with van der Waals surface area (Å²) in [7, 11) is 0. The van der Waals surface area contributed by atoms with E-state index in [0.717, 1.165) is 49.6 Å². The molecule has 0 saturated carbocycles. The summed E-state index contributed by atoms with van der Waals surface area (Å²) in [5.74, 6) is 0.981. The van der Waals surface area contributed by atoms with Gasteiger partial charge in [-0.05, 0) is 30.5 Å². The number of nitrogens with zero attached hydrogens (tertiary/aromatic N) is 4. The van der Waals surface area contributed by atoms with Gasteiger partial charge in [0.15, 0.2) is 0 Å². The maximum Gasteiger partial charge on any atom is 0.244 e. The number of amides is 1. The van der Waals surface area contributed by atoms with Crippen LogP contribution in [-0.4, -0.2) is 46.1 Å². The Balaban J connectivity index is 0.00000119. The van der Waals surface area contributed by atoms with Crippen LogP contribution < -0.4 is 9.64 Å². The van der Waals surface area contributed by atoms with Gasteiger partial charge in [0.05, 0.1) is 30.4 Å². The number of piperazine rings is 1. The first-order valence-electron chi connectivity index (χ1n) is 11.6. The van der Waals surface area contributed by atoms with E-state index in [0.29, 0.717) is 13.2 Å². The average Bonchev–Trinajstić information content (AvgIpc) is 3.27. The van der Waals surface area contributed by atoms with Crippen LogP contribution in [0.1, 0.15) is 37.9 Å². The highest BCUT2D eigenvalue weighted by atomic mass is 16.5. The van der Waals surface area contributed by atoms with E-state index in [1.165, 1.54) is 5.56 Å². The first-order valence-corrected chi connectivity index (χ1v) is 11.6. The largest absolute Gasteiger partial charge is 0.491 e. The zero-order valence-electron chi connectivity index (χ0n) is 19.0. The van der Waals surface area contributed by atoms with Gasteiger partial charge in [0, 0.05) is 32.4 Å². The highest BCUT2D eigenvalue weighted by Crippen LogP contribution is 2.33. The van der Waals surface area contributed by atoms with Crippen molar-refractivity contribution in [3.63, 3.8) is 0 Å². The molecule has 168 valence electrons. The van der Waals surface area contributed by atoms with Gasteiger partial charge in [-0.1, -0.05) is 56.3 Å². The summed E-state index contributed by atoms with van der Waals surface area (Å²) < 4.78 is 8.15. The molecule has 0 aliphatic carbocycles. The summed E-state index contributed by atoms with van der Waals surface area (Å²) in [6, 6.07) is 18.1. The number of fused-ring (bicyclic) bond motifs is 4. The van der Waals surface area contributed by atoms with Crippen molar-refractivity contribution in [1.29, 1.82) is 0 Å². The third kappa shape index (κ3) is 4.70. The molecule has 5 rings (SSSR count). The van der Waals surface area contributed by atoms with Gasteiger partial charge in [0.25, 0.3) is 0 Å². The summed E-state index contributed by atoms with van der Waals surface area (Å²) in [4.78, 5) is 22.0. The van der Waals surface area contributed by atoms with E-state index in [1.807, 2.05) is 61.6 Å². The third-order valence-corrected chi connectivity index (χ3v) is 6.00. The lowest BCUT2D eigenvalue weighted by molar-refractivity contribution is -0.126. The molecule has 1 unspecified atom stereocenters. The van der Waals surface area contributed by atoms with Crippen LogP contribution >= 0.6 is 0 Å². The molecule has 1 saturated heterocycles. The Bertz CT molecular complexity index is 1020. The van der Waals surface area contributed by atoms with Crippen molar-refractivity contribution in [2.45, 2.75) is 45.8 Å². The van der Waals surface area contributed by atoms with Crippen LogP contribution in [0.2, 0.25) is 0 Å². The summed E-state index contributed by atoms with van der Waals surface area (Å²) in [5, 5.41) is 0. The predicted molar refractivity (Wildman–Crippen MR) is 127 cm³/mol. The second-order valence-corrected chi connectivity index (χ2v) is 7.93. The van der Waals surface area contributed by atoms with E-state index in [-0.39, 0.29) is 11.9 Å². The lowest BCUT2D eigenvalue weighted by Crippen LogP contribution is -2.56. The molecule has 0 radical (unpaired) electrons. The number of rotatable bonds is 4. The third-order valence-electron chi connectivity index (χ3n) is 6.00. The fourth-order valence-corrected chi connectivity index (χ4v) is 4.44. The highest BCUT2D eigenvalue weighted by molar-refractivity contribution is 5.99. The number of hydrogen-bond donors (Lipinski definition) is 0. The van der Waals surface area contributed by atoms with Gasteiger partial charge in [-0.15, -0.1) is 0 Å². The second kappa shape index (κ2) is 10.5. The van der Waals surface area contributed by atoms with E-state index in [9.17, 15) is 4.79 Å². The Labute approximate surface area is 190 Å². The van der Waals surface area contributed by atoms with Crippen molar-refractivity contribution < 1.29 is 9.53 Å². The predicted octanol–water partition coefficient (Wildman–Crippen LogP) is 4.35. The minimum absolute atomic E-state index is 0.131. The molecule has 0 spiro atoms. The number of para-hydroxylation sites is 2. The van der Waals surface area contributed by atoms with Crippen LogP contribution in [0, 0.1) is 0 Å². The lowest BCUT2D eigenvalue weighted by atomic mass is 10.0. The summed E-state index contributed by atoms with van der Waals surface area (Å²) in [6.45, 7) is 7.65. The van der Waals surface area contributed by atoms with Gasteiger partial charge in [-0.3, -0.25) is 9.69 Å². The van der Waals surface area contributed by atoms with Gasteiger partial charge < -0.3 is 14.2 Å². The first-order chi connectivity index (χ1) is 15.8. The number of benzene rings is 2. The van der Waals surface area contributed by atoms with Crippen LogP contribution in [0.3, 0.4) is 0 Å². The number of aromatic nitrogens is 2. The molecule has 0 N–H and O–H groups in total. The molecule has 1 fully saturated rings. The van der Waals surface area contributed by atoms with E-state index >= 15 is 0 Å². The molecule has 32 heavy (non-hydrogen) atoms. The monoisotopic (exact) mass is 432 g/mol. The van der Waals surface area contributed by atoms with Crippen molar-refractivity contribution in [1.82, 2.24) is 14.5 Å². The Kier molecular flexibility index (Phi) is 7.22. The number of anilines is 1. The molecule has 6 nitrogen and oxygen atoms in total. The highest BCUT2D eigenvalue weighted by Gasteiger charge is 2.37. The molecule has 2 aliphatic heterocycles. The SMILES string of the molecule is CC.O=C1C2CCCOc3ccccc3N1CCN2Cc1cncn1Cc1ccccc1. The van der Waals surface area contributed by atoms with Gasteiger partial charge in [0.2, 0.25) is 5.91 Å². The van der Waals surface area contributed by atoms with Crippen molar-refractivity contribution in [2.75, 3.05) is 24.6 Å². The van der Waals surface area contributed by atoms with Gasteiger partial charge in [-0.25, -0.2) is 4.98 Å². The molecule has 3 aromatic rings. The number of ether oxygens (including phenoxy) is 1. The van der Waals surface area contributed by atoms with Crippen molar-refractivity contribution in [3.8, 4) is 5.75 Å². The fourth-order valence-electron chi connectivity index (χ4n) is 4.44. The zero-order valence-corrected chi connectivity index (χ0v) is 19.0. The van der Waals surface area contributed by atoms with Gasteiger partial charge >= 0.3 is 0 Å². The Hall–Kier alpha value is -3.12. The molecular formula is C26H32N4O2. The topological polar surface area (TPSA) is 50.6 Å². The normalized spacial score (nSPS) is 18.4. The van der Waals surface area contributed by atoms with Crippen molar-refractivity contribution >= 4 is 11.6 Å². The van der Waals surface area contributed by atoms with E-state index in [4.69, 9.17) is 4.74 Å². The van der Waals surface area contributed by atoms with E-state index < -0.39 is 0 Å². The summed E-state index contributed by atoms with van der Waals surface area (Å²) >= 11 is 0. The maximum atomic E-state index is 13.4. The smallest absolute Gasteiger partial charge is 0.244 e. The number of hydrogen-bond acceptors (Lipinski definition) is 4. The summed E-state index contributed by atoms with van der Waals surface area (Å²) in [5.41, 5.74) is 3.27. The Morgan fingerprint density at radius 3 is 2.62 bits per heavy atom.